The second kappa shape index (κ2) is 6.96. The SMILES string of the molecule is CSc1ccc(CN2CCCCCC2C(=O)O)cc1. The minimum Gasteiger partial charge on any atom is -0.480 e. The highest BCUT2D eigenvalue weighted by molar-refractivity contribution is 7.98. The lowest BCUT2D eigenvalue weighted by Crippen LogP contribution is -2.40. The van der Waals surface area contributed by atoms with E-state index in [0.717, 1.165) is 38.8 Å². The molecule has 0 spiro atoms. The van der Waals surface area contributed by atoms with Crippen LogP contribution in [0.1, 0.15) is 31.2 Å². The number of likely N-dealkylation sites (tertiary alicyclic amines) is 1. The third-order valence-electron chi connectivity index (χ3n) is 3.69. The van der Waals surface area contributed by atoms with Gasteiger partial charge < -0.3 is 5.11 Å². The van der Waals surface area contributed by atoms with Crippen molar-refractivity contribution in [2.75, 3.05) is 12.8 Å². The lowest BCUT2D eigenvalue weighted by Gasteiger charge is -2.26. The molecule has 0 radical (unpaired) electrons. The average Bonchev–Trinajstić information content (AvgIpc) is 2.65. The zero-order chi connectivity index (χ0) is 13.7. The molecule has 1 saturated heterocycles. The largest absolute Gasteiger partial charge is 0.480 e. The fourth-order valence-corrected chi connectivity index (χ4v) is 3.01. The third-order valence-corrected chi connectivity index (χ3v) is 4.44. The maximum absolute atomic E-state index is 11.4. The van der Waals surface area contributed by atoms with Crippen molar-refractivity contribution in [1.82, 2.24) is 4.90 Å². The maximum Gasteiger partial charge on any atom is 0.320 e. The first-order valence-corrected chi connectivity index (χ1v) is 8.03. The number of benzene rings is 1. The van der Waals surface area contributed by atoms with Gasteiger partial charge in [-0.15, -0.1) is 11.8 Å². The number of nitrogens with zero attached hydrogens (tertiary/aromatic N) is 1. The summed E-state index contributed by atoms with van der Waals surface area (Å²) in [7, 11) is 0. The van der Waals surface area contributed by atoms with Crippen LogP contribution < -0.4 is 0 Å². The summed E-state index contributed by atoms with van der Waals surface area (Å²) in [6.45, 7) is 1.63. The lowest BCUT2D eigenvalue weighted by molar-refractivity contribution is -0.143. The number of thioether (sulfide) groups is 1. The van der Waals surface area contributed by atoms with Crippen molar-refractivity contribution < 1.29 is 9.90 Å². The number of aliphatic carboxylic acids is 1. The quantitative estimate of drug-likeness (QED) is 0.859. The zero-order valence-corrected chi connectivity index (χ0v) is 12.2. The van der Waals surface area contributed by atoms with Gasteiger partial charge in [-0.05, 0) is 43.3 Å². The van der Waals surface area contributed by atoms with Gasteiger partial charge in [0.1, 0.15) is 6.04 Å². The summed E-state index contributed by atoms with van der Waals surface area (Å²) >= 11 is 1.72. The molecule has 0 aromatic heterocycles. The molecule has 1 aromatic rings. The molecule has 1 aromatic carbocycles. The fourth-order valence-electron chi connectivity index (χ4n) is 2.60. The van der Waals surface area contributed by atoms with Crippen LogP contribution in [0.4, 0.5) is 0 Å². The standard InChI is InChI=1S/C15H21NO2S/c1-19-13-8-6-12(7-9-13)11-16-10-4-2-3-5-14(16)15(17)18/h6-9,14H,2-5,10-11H2,1H3,(H,17,18). The van der Waals surface area contributed by atoms with Crippen LogP contribution in [0, 0.1) is 0 Å². The molecular weight excluding hydrogens is 258 g/mol. The van der Waals surface area contributed by atoms with Crippen molar-refractivity contribution in [3.05, 3.63) is 29.8 Å². The van der Waals surface area contributed by atoms with E-state index in [1.165, 1.54) is 10.5 Å². The van der Waals surface area contributed by atoms with E-state index in [0.29, 0.717) is 0 Å². The van der Waals surface area contributed by atoms with Crippen molar-refractivity contribution in [2.24, 2.45) is 0 Å². The van der Waals surface area contributed by atoms with Crippen LogP contribution in [-0.2, 0) is 11.3 Å². The first-order valence-electron chi connectivity index (χ1n) is 6.80. The van der Waals surface area contributed by atoms with Crippen LogP contribution in [0.15, 0.2) is 29.2 Å². The molecular formula is C15H21NO2S. The molecule has 1 aliphatic heterocycles. The van der Waals surface area contributed by atoms with E-state index in [9.17, 15) is 9.90 Å². The Balaban J connectivity index is 2.06. The monoisotopic (exact) mass is 279 g/mol. The predicted octanol–water partition coefficient (Wildman–Crippen LogP) is 3.24. The van der Waals surface area contributed by atoms with Crippen LogP contribution in [0.3, 0.4) is 0 Å². The summed E-state index contributed by atoms with van der Waals surface area (Å²) in [5, 5.41) is 9.35. The van der Waals surface area contributed by atoms with Crippen molar-refractivity contribution >= 4 is 17.7 Å². The molecule has 2 rings (SSSR count). The van der Waals surface area contributed by atoms with Gasteiger partial charge in [0, 0.05) is 11.4 Å². The average molecular weight is 279 g/mol. The van der Waals surface area contributed by atoms with E-state index in [1.54, 1.807) is 11.8 Å². The molecule has 1 unspecified atom stereocenters. The first kappa shape index (κ1) is 14.4. The van der Waals surface area contributed by atoms with Crippen LogP contribution in [0.2, 0.25) is 0 Å². The summed E-state index contributed by atoms with van der Waals surface area (Å²) < 4.78 is 0. The van der Waals surface area contributed by atoms with Crippen molar-refractivity contribution in [3.63, 3.8) is 0 Å². The Morgan fingerprint density at radius 2 is 2.05 bits per heavy atom. The Hall–Kier alpha value is -1.00. The van der Waals surface area contributed by atoms with Gasteiger partial charge in [0.15, 0.2) is 0 Å². The molecule has 104 valence electrons. The van der Waals surface area contributed by atoms with Gasteiger partial charge in [-0.1, -0.05) is 25.0 Å². The van der Waals surface area contributed by atoms with Gasteiger partial charge in [-0.2, -0.15) is 0 Å². The smallest absolute Gasteiger partial charge is 0.320 e. The summed E-state index contributed by atoms with van der Waals surface area (Å²) in [6.07, 6.45) is 6.11. The normalized spacial score (nSPS) is 21.0. The Morgan fingerprint density at radius 3 is 2.68 bits per heavy atom. The Bertz CT molecular complexity index is 419. The Labute approximate surface area is 119 Å². The summed E-state index contributed by atoms with van der Waals surface area (Å²) in [6, 6.07) is 8.11. The molecule has 0 aliphatic carbocycles. The highest BCUT2D eigenvalue weighted by Gasteiger charge is 2.26. The molecule has 0 saturated carbocycles. The number of carboxylic acids is 1. The Kier molecular flexibility index (Phi) is 5.28. The van der Waals surface area contributed by atoms with Crippen LogP contribution in [0.5, 0.6) is 0 Å². The van der Waals surface area contributed by atoms with Crippen LogP contribution in [-0.4, -0.2) is 34.8 Å². The van der Waals surface area contributed by atoms with Gasteiger partial charge in [-0.25, -0.2) is 0 Å². The number of carbonyl (C=O) groups is 1. The fraction of sp³-hybridized carbons (Fsp3) is 0.533. The van der Waals surface area contributed by atoms with E-state index >= 15 is 0 Å². The summed E-state index contributed by atoms with van der Waals surface area (Å²) in [4.78, 5) is 14.7. The van der Waals surface area contributed by atoms with E-state index in [1.807, 2.05) is 0 Å². The lowest BCUT2D eigenvalue weighted by atomic mass is 10.1. The highest BCUT2D eigenvalue weighted by atomic mass is 32.2. The molecule has 0 bridgehead atoms. The maximum atomic E-state index is 11.4. The van der Waals surface area contributed by atoms with Gasteiger partial charge in [0.25, 0.3) is 0 Å². The topological polar surface area (TPSA) is 40.5 Å². The molecule has 19 heavy (non-hydrogen) atoms. The summed E-state index contributed by atoms with van der Waals surface area (Å²) in [5.74, 6) is -0.678. The van der Waals surface area contributed by atoms with E-state index < -0.39 is 5.97 Å². The van der Waals surface area contributed by atoms with Gasteiger partial charge in [0.2, 0.25) is 0 Å². The van der Waals surface area contributed by atoms with E-state index in [-0.39, 0.29) is 6.04 Å². The molecule has 1 atom stereocenters. The number of rotatable bonds is 4. The van der Waals surface area contributed by atoms with Gasteiger partial charge >= 0.3 is 5.97 Å². The molecule has 1 N–H and O–H groups in total. The minimum atomic E-state index is -0.678. The van der Waals surface area contributed by atoms with Crippen molar-refractivity contribution in [1.29, 1.82) is 0 Å². The predicted molar refractivity (Wildman–Crippen MR) is 78.5 cm³/mol. The number of hydrogen-bond donors (Lipinski definition) is 1. The van der Waals surface area contributed by atoms with Crippen LogP contribution >= 0.6 is 11.8 Å². The number of carboxylic acid groups (broad SMARTS) is 1. The Morgan fingerprint density at radius 1 is 1.32 bits per heavy atom. The van der Waals surface area contributed by atoms with Crippen molar-refractivity contribution in [3.8, 4) is 0 Å². The summed E-state index contributed by atoms with van der Waals surface area (Å²) in [5.41, 5.74) is 1.20. The van der Waals surface area contributed by atoms with Crippen molar-refractivity contribution in [2.45, 2.75) is 43.2 Å². The third kappa shape index (κ3) is 3.98. The second-order valence-electron chi connectivity index (χ2n) is 5.02. The van der Waals surface area contributed by atoms with E-state index in [4.69, 9.17) is 0 Å². The van der Waals surface area contributed by atoms with E-state index in [2.05, 4.69) is 35.4 Å². The zero-order valence-electron chi connectivity index (χ0n) is 11.3. The van der Waals surface area contributed by atoms with Gasteiger partial charge in [-0.3, -0.25) is 9.69 Å². The molecule has 1 heterocycles. The minimum absolute atomic E-state index is 0.317. The molecule has 4 heteroatoms. The molecule has 3 nitrogen and oxygen atoms in total. The first-order chi connectivity index (χ1) is 9.20. The molecule has 1 fully saturated rings. The molecule has 1 aliphatic rings. The second-order valence-corrected chi connectivity index (χ2v) is 5.90. The van der Waals surface area contributed by atoms with Crippen LogP contribution in [0.25, 0.3) is 0 Å². The number of hydrogen-bond acceptors (Lipinski definition) is 3. The highest BCUT2D eigenvalue weighted by Crippen LogP contribution is 2.21. The van der Waals surface area contributed by atoms with Gasteiger partial charge in [0.05, 0.1) is 0 Å². The molecule has 0 amide bonds.